The number of hydrogen-bond donors (Lipinski definition) is 0. The maximum absolute atomic E-state index is 6.15. The highest BCUT2D eigenvalue weighted by molar-refractivity contribution is 4.89. The van der Waals surface area contributed by atoms with Crippen molar-refractivity contribution < 1.29 is 4.74 Å². The molecule has 1 heterocycles. The Morgan fingerprint density at radius 3 is 2.33 bits per heavy atom. The van der Waals surface area contributed by atoms with Crippen LogP contribution >= 0.6 is 0 Å². The summed E-state index contributed by atoms with van der Waals surface area (Å²) in [7, 11) is 0. The molecule has 2 fully saturated rings. The molecule has 1 nitrogen and oxygen atoms in total. The van der Waals surface area contributed by atoms with Crippen molar-refractivity contribution in [3.8, 4) is 0 Å². The SMILES string of the molecule is CC1CC2(CCCCC2)COC(C)(C)C1. The van der Waals surface area contributed by atoms with Gasteiger partial charge in [-0.25, -0.2) is 0 Å². The van der Waals surface area contributed by atoms with Gasteiger partial charge in [-0.15, -0.1) is 0 Å². The Hall–Kier alpha value is -0.0400. The predicted molar refractivity (Wildman–Crippen MR) is 63.9 cm³/mol. The molecule has 88 valence electrons. The van der Waals surface area contributed by atoms with Gasteiger partial charge >= 0.3 is 0 Å². The van der Waals surface area contributed by atoms with Crippen molar-refractivity contribution in [2.75, 3.05) is 6.61 Å². The lowest BCUT2D eigenvalue weighted by atomic mass is 9.69. The smallest absolute Gasteiger partial charge is 0.0629 e. The minimum Gasteiger partial charge on any atom is -0.375 e. The minimum absolute atomic E-state index is 0.111. The second kappa shape index (κ2) is 4.08. The quantitative estimate of drug-likeness (QED) is 0.583. The summed E-state index contributed by atoms with van der Waals surface area (Å²) < 4.78 is 6.15. The largest absolute Gasteiger partial charge is 0.375 e. The van der Waals surface area contributed by atoms with E-state index in [2.05, 4.69) is 20.8 Å². The Morgan fingerprint density at radius 2 is 1.67 bits per heavy atom. The molecule has 1 heteroatoms. The molecule has 1 saturated carbocycles. The van der Waals surface area contributed by atoms with Gasteiger partial charge in [0.1, 0.15) is 0 Å². The third-order valence-electron chi connectivity index (χ3n) is 4.30. The van der Waals surface area contributed by atoms with Crippen LogP contribution in [0, 0.1) is 11.3 Å². The monoisotopic (exact) mass is 210 g/mol. The van der Waals surface area contributed by atoms with Crippen LogP contribution in [-0.2, 0) is 4.74 Å². The van der Waals surface area contributed by atoms with Crippen molar-refractivity contribution in [1.29, 1.82) is 0 Å². The van der Waals surface area contributed by atoms with Gasteiger partial charge in [-0.1, -0.05) is 26.2 Å². The number of hydrogen-bond acceptors (Lipinski definition) is 1. The molecule has 2 rings (SSSR count). The van der Waals surface area contributed by atoms with E-state index in [-0.39, 0.29) is 5.60 Å². The highest BCUT2D eigenvalue weighted by atomic mass is 16.5. The van der Waals surface area contributed by atoms with Crippen LogP contribution in [0.5, 0.6) is 0 Å². The molecule has 0 radical (unpaired) electrons. The molecule has 1 aliphatic heterocycles. The lowest BCUT2D eigenvalue weighted by molar-refractivity contribution is -0.0586. The number of ether oxygens (including phenoxy) is 1. The summed E-state index contributed by atoms with van der Waals surface area (Å²) in [5.74, 6) is 0.834. The van der Waals surface area contributed by atoms with E-state index in [4.69, 9.17) is 4.74 Å². The Balaban J connectivity index is 2.07. The van der Waals surface area contributed by atoms with Crippen molar-refractivity contribution in [1.82, 2.24) is 0 Å². The molecule has 0 N–H and O–H groups in total. The molecule has 1 atom stereocenters. The molecular weight excluding hydrogens is 184 g/mol. The van der Waals surface area contributed by atoms with Gasteiger partial charge in [-0.05, 0) is 50.9 Å². The van der Waals surface area contributed by atoms with Crippen molar-refractivity contribution in [2.24, 2.45) is 11.3 Å². The second-order valence-corrected chi connectivity index (χ2v) is 6.62. The summed E-state index contributed by atoms with van der Waals surface area (Å²) >= 11 is 0. The van der Waals surface area contributed by atoms with E-state index in [0.717, 1.165) is 12.5 Å². The van der Waals surface area contributed by atoms with E-state index in [1.807, 2.05) is 0 Å². The van der Waals surface area contributed by atoms with E-state index >= 15 is 0 Å². The molecule has 1 spiro atoms. The van der Waals surface area contributed by atoms with Gasteiger partial charge < -0.3 is 4.74 Å². The average Bonchev–Trinajstić information content (AvgIpc) is 2.25. The van der Waals surface area contributed by atoms with Gasteiger partial charge in [-0.2, -0.15) is 0 Å². The summed E-state index contributed by atoms with van der Waals surface area (Å²) in [5.41, 5.74) is 0.659. The molecule has 0 aromatic rings. The maximum atomic E-state index is 6.15. The molecule has 0 aromatic carbocycles. The van der Waals surface area contributed by atoms with Crippen LogP contribution in [0.25, 0.3) is 0 Å². The lowest BCUT2D eigenvalue weighted by Gasteiger charge is -2.37. The van der Waals surface area contributed by atoms with Gasteiger partial charge in [0.15, 0.2) is 0 Å². The normalized spacial score (nSPS) is 35.0. The molecule has 15 heavy (non-hydrogen) atoms. The Labute approximate surface area is 94.6 Å². The molecular formula is C14H26O. The fourth-order valence-corrected chi connectivity index (χ4v) is 3.77. The third-order valence-corrected chi connectivity index (χ3v) is 4.30. The van der Waals surface area contributed by atoms with Crippen molar-refractivity contribution in [2.45, 2.75) is 71.3 Å². The predicted octanol–water partition coefficient (Wildman–Crippen LogP) is 4.16. The summed E-state index contributed by atoms with van der Waals surface area (Å²) in [6, 6.07) is 0. The zero-order chi connectivity index (χ0) is 10.9. The van der Waals surface area contributed by atoms with Crippen molar-refractivity contribution >= 4 is 0 Å². The van der Waals surface area contributed by atoms with E-state index in [9.17, 15) is 0 Å². The van der Waals surface area contributed by atoms with E-state index < -0.39 is 0 Å². The Bertz CT molecular complexity index is 213. The van der Waals surface area contributed by atoms with Crippen LogP contribution in [0.3, 0.4) is 0 Å². The van der Waals surface area contributed by atoms with Crippen LogP contribution in [-0.4, -0.2) is 12.2 Å². The van der Waals surface area contributed by atoms with E-state index in [0.29, 0.717) is 5.41 Å². The van der Waals surface area contributed by atoms with Gasteiger partial charge in [-0.3, -0.25) is 0 Å². The highest BCUT2D eigenvalue weighted by Gasteiger charge is 2.39. The van der Waals surface area contributed by atoms with Crippen molar-refractivity contribution in [3.63, 3.8) is 0 Å². The first-order chi connectivity index (χ1) is 7.02. The average molecular weight is 210 g/mol. The molecule has 1 aliphatic carbocycles. The second-order valence-electron chi connectivity index (χ2n) is 6.62. The zero-order valence-electron chi connectivity index (χ0n) is 10.6. The summed E-state index contributed by atoms with van der Waals surface area (Å²) in [5, 5.41) is 0. The van der Waals surface area contributed by atoms with Gasteiger partial charge in [0, 0.05) is 0 Å². The van der Waals surface area contributed by atoms with Gasteiger partial charge in [0.2, 0.25) is 0 Å². The first kappa shape index (κ1) is 11.4. The minimum atomic E-state index is 0.111. The molecule has 0 bridgehead atoms. The molecule has 1 unspecified atom stereocenters. The van der Waals surface area contributed by atoms with Crippen LogP contribution in [0.2, 0.25) is 0 Å². The van der Waals surface area contributed by atoms with Gasteiger partial charge in [0.05, 0.1) is 12.2 Å². The Morgan fingerprint density at radius 1 is 1.00 bits per heavy atom. The topological polar surface area (TPSA) is 9.23 Å². The lowest BCUT2D eigenvalue weighted by Crippen LogP contribution is -2.31. The zero-order valence-corrected chi connectivity index (χ0v) is 10.6. The number of rotatable bonds is 0. The molecule has 2 aliphatic rings. The first-order valence-corrected chi connectivity index (χ1v) is 6.65. The first-order valence-electron chi connectivity index (χ1n) is 6.65. The molecule has 0 amide bonds. The van der Waals surface area contributed by atoms with E-state index in [1.54, 1.807) is 0 Å². The summed E-state index contributed by atoms with van der Waals surface area (Å²) in [6.45, 7) is 7.94. The molecule has 1 saturated heterocycles. The maximum Gasteiger partial charge on any atom is 0.0629 e. The molecule has 0 aromatic heterocycles. The summed E-state index contributed by atoms with van der Waals surface area (Å²) in [6.07, 6.45) is 9.75. The Kier molecular flexibility index (Phi) is 3.12. The van der Waals surface area contributed by atoms with Crippen LogP contribution < -0.4 is 0 Å². The van der Waals surface area contributed by atoms with Crippen LogP contribution in [0.15, 0.2) is 0 Å². The van der Waals surface area contributed by atoms with E-state index in [1.165, 1.54) is 44.9 Å². The fourth-order valence-electron chi connectivity index (χ4n) is 3.77. The standard InChI is InChI=1S/C14H26O/c1-12-9-13(2,3)15-11-14(10-12)7-5-4-6-8-14/h12H,4-11H2,1-3H3. The fraction of sp³-hybridized carbons (Fsp3) is 1.00. The van der Waals surface area contributed by atoms with Crippen LogP contribution in [0.4, 0.5) is 0 Å². The highest BCUT2D eigenvalue weighted by Crippen LogP contribution is 2.46. The van der Waals surface area contributed by atoms with Crippen molar-refractivity contribution in [3.05, 3.63) is 0 Å². The third kappa shape index (κ3) is 2.75. The van der Waals surface area contributed by atoms with Crippen LogP contribution in [0.1, 0.15) is 65.7 Å². The summed E-state index contributed by atoms with van der Waals surface area (Å²) in [4.78, 5) is 0. The van der Waals surface area contributed by atoms with Gasteiger partial charge in [0.25, 0.3) is 0 Å².